The highest BCUT2D eigenvalue weighted by Crippen LogP contribution is 2.33. The Bertz CT molecular complexity index is 251. The Kier molecular flexibility index (Phi) is 3.60. The maximum absolute atomic E-state index is 6.04. The van der Waals surface area contributed by atoms with Crippen LogP contribution in [-0.2, 0) is 6.42 Å². The number of aryl methyl sites for hydroxylation is 1. The van der Waals surface area contributed by atoms with Crippen LogP contribution in [0.15, 0.2) is 16.8 Å². The average molecular weight is 209 g/mol. The number of hydrogen-bond acceptors (Lipinski definition) is 2. The Morgan fingerprint density at radius 3 is 2.93 bits per heavy atom. The number of unbranched alkanes of at least 4 members (excludes halogenated alkanes) is 1. The smallest absolute Gasteiger partial charge is 0.00671 e. The summed E-state index contributed by atoms with van der Waals surface area (Å²) in [5.74, 6) is 0.871. The first-order chi connectivity index (χ1) is 6.86. The predicted octanol–water partition coefficient (Wildman–Crippen LogP) is 3.20. The summed E-state index contributed by atoms with van der Waals surface area (Å²) in [4.78, 5) is 0. The molecule has 1 aromatic rings. The third-order valence-electron chi connectivity index (χ3n) is 3.06. The molecule has 1 fully saturated rings. The van der Waals surface area contributed by atoms with Gasteiger partial charge in [-0.3, -0.25) is 0 Å². The van der Waals surface area contributed by atoms with E-state index >= 15 is 0 Å². The minimum absolute atomic E-state index is 0.498. The third-order valence-corrected chi connectivity index (χ3v) is 3.79. The van der Waals surface area contributed by atoms with Gasteiger partial charge in [-0.2, -0.15) is 11.3 Å². The molecule has 2 heteroatoms. The second kappa shape index (κ2) is 4.94. The zero-order valence-corrected chi connectivity index (χ0v) is 9.43. The Morgan fingerprint density at radius 2 is 2.29 bits per heavy atom. The topological polar surface area (TPSA) is 26.0 Å². The van der Waals surface area contributed by atoms with Gasteiger partial charge in [0.1, 0.15) is 0 Å². The Morgan fingerprint density at radius 1 is 1.43 bits per heavy atom. The molecule has 0 aliphatic heterocycles. The molecular formula is C12H19NS. The molecule has 0 saturated heterocycles. The lowest BCUT2D eigenvalue weighted by atomic mass is 10.0. The van der Waals surface area contributed by atoms with Crippen molar-refractivity contribution in [3.05, 3.63) is 22.4 Å². The van der Waals surface area contributed by atoms with E-state index in [1.807, 2.05) is 0 Å². The summed E-state index contributed by atoms with van der Waals surface area (Å²) in [6.45, 7) is 0. The van der Waals surface area contributed by atoms with Crippen molar-refractivity contribution in [1.82, 2.24) is 0 Å². The van der Waals surface area contributed by atoms with E-state index in [1.165, 1.54) is 44.1 Å². The second-order valence-electron chi connectivity index (χ2n) is 4.38. The number of hydrogen-bond donors (Lipinski definition) is 1. The van der Waals surface area contributed by atoms with Crippen molar-refractivity contribution >= 4 is 11.3 Å². The van der Waals surface area contributed by atoms with Crippen molar-refractivity contribution in [2.45, 2.75) is 44.6 Å². The minimum Gasteiger partial charge on any atom is -0.327 e. The molecule has 1 unspecified atom stereocenters. The van der Waals surface area contributed by atoms with Crippen LogP contribution in [0.25, 0.3) is 0 Å². The molecule has 14 heavy (non-hydrogen) atoms. The zero-order valence-electron chi connectivity index (χ0n) is 8.61. The highest BCUT2D eigenvalue weighted by molar-refractivity contribution is 7.07. The van der Waals surface area contributed by atoms with Crippen LogP contribution in [0.5, 0.6) is 0 Å². The van der Waals surface area contributed by atoms with E-state index in [0.717, 1.165) is 5.92 Å². The highest BCUT2D eigenvalue weighted by atomic mass is 32.1. The van der Waals surface area contributed by atoms with Crippen molar-refractivity contribution in [2.24, 2.45) is 11.7 Å². The van der Waals surface area contributed by atoms with E-state index in [9.17, 15) is 0 Å². The van der Waals surface area contributed by atoms with E-state index in [2.05, 4.69) is 16.8 Å². The van der Waals surface area contributed by atoms with Gasteiger partial charge in [-0.05, 0) is 60.4 Å². The lowest BCUT2D eigenvalue weighted by molar-refractivity contribution is 0.516. The summed E-state index contributed by atoms with van der Waals surface area (Å²) in [5.41, 5.74) is 7.54. The van der Waals surface area contributed by atoms with E-state index in [1.54, 1.807) is 11.3 Å². The van der Waals surface area contributed by atoms with E-state index in [4.69, 9.17) is 5.73 Å². The quantitative estimate of drug-likeness (QED) is 0.715. The van der Waals surface area contributed by atoms with Gasteiger partial charge in [0.15, 0.2) is 0 Å². The fourth-order valence-electron chi connectivity index (χ4n) is 1.90. The molecule has 1 nitrogen and oxygen atoms in total. The lowest BCUT2D eigenvalue weighted by Gasteiger charge is -2.08. The molecule has 2 rings (SSSR count). The van der Waals surface area contributed by atoms with Gasteiger partial charge in [-0.15, -0.1) is 0 Å². The first-order valence-corrected chi connectivity index (χ1v) is 6.57. The molecule has 0 radical (unpaired) electrons. The predicted molar refractivity (Wildman–Crippen MR) is 62.6 cm³/mol. The lowest BCUT2D eigenvalue weighted by Crippen LogP contribution is -2.21. The van der Waals surface area contributed by atoms with Gasteiger partial charge in [-0.1, -0.05) is 6.42 Å². The Balaban J connectivity index is 1.54. The first kappa shape index (κ1) is 10.2. The summed E-state index contributed by atoms with van der Waals surface area (Å²) >= 11 is 1.79. The van der Waals surface area contributed by atoms with Crippen LogP contribution >= 0.6 is 11.3 Å². The fourth-order valence-corrected chi connectivity index (χ4v) is 2.61. The molecule has 78 valence electrons. The normalized spacial score (nSPS) is 18.4. The monoisotopic (exact) mass is 209 g/mol. The van der Waals surface area contributed by atoms with Crippen LogP contribution in [0.4, 0.5) is 0 Å². The van der Waals surface area contributed by atoms with Crippen LogP contribution in [0.1, 0.15) is 37.7 Å². The molecule has 0 amide bonds. The summed E-state index contributed by atoms with van der Waals surface area (Å²) in [6.07, 6.45) is 7.83. The van der Waals surface area contributed by atoms with Gasteiger partial charge in [0.05, 0.1) is 0 Å². The molecule has 1 atom stereocenters. The second-order valence-corrected chi connectivity index (χ2v) is 5.16. The Hall–Kier alpha value is -0.340. The SMILES string of the molecule is NC(CCCCc1ccsc1)C1CC1. The largest absolute Gasteiger partial charge is 0.327 e. The van der Waals surface area contributed by atoms with Gasteiger partial charge in [0.25, 0.3) is 0 Å². The maximum atomic E-state index is 6.04. The van der Waals surface area contributed by atoms with Gasteiger partial charge >= 0.3 is 0 Å². The van der Waals surface area contributed by atoms with Crippen molar-refractivity contribution in [3.63, 3.8) is 0 Å². The van der Waals surface area contributed by atoms with Crippen LogP contribution in [0, 0.1) is 5.92 Å². The number of rotatable bonds is 6. The van der Waals surface area contributed by atoms with Gasteiger partial charge in [0.2, 0.25) is 0 Å². The summed E-state index contributed by atoms with van der Waals surface area (Å²) < 4.78 is 0. The number of nitrogens with two attached hydrogens (primary N) is 1. The molecule has 1 aliphatic rings. The molecule has 2 N–H and O–H groups in total. The van der Waals surface area contributed by atoms with E-state index in [-0.39, 0.29) is 0 Å². The van der Waals surface area contributed by atoms with Crippen LogP contribution in [-0.4, -0.2) is 6.04 Å². The van der Waals surface area contributed by atoms with Crippen molar-refractivity contribution in [2.75, 3.05) is 0 Å². The summed E-state index contributed by atoms with van der Waals surface area (Å²) in [6, 6.07) is 2.73. The molecule has 0 aromatic carbocycles. The van der Waals surface area contributed by atoms with Crippen LogP contribution < -0.4 is 5.73 Å². The van der Waals surface area contributed by atoms with Crippen molar-refractivity contribution in [1.29, 1.82) is 0 Å². The first-order valence-electron chi connectivity index (χ1n) is 5.63. The summed E-state index contributed by atoms with van der Waals surface area (Å²) in [7, 11) is 0. The Labute approximate surface area is 90.3 Å². The van der Waals surface area contributed by atoms with Gasteiger partial charge < -0.3 is 5.73 Å². The molecule has 1 heterocycles. The average Bonchev–Trinajstić information content (AvgIpc) is 2.92. The van der Waals surface area contributed by atoms with Gasteiger partial charge in [-0.25, -0.2) is 0 Å². The van der Waals surface area contributed by atoms with E-state index in [0.29, 0.717) is 6.04 Å². The molecule has 1 aromatic heterocycles. The molecule has 0 spiro atoms. The van der Waals surface area contributed by atoms with Gasteiger partial charge in [0, 0.05) is 6.04 Å². The van der Waals surface area contributed by atoms with Crippen LogP contribution in [0.2, 0.25) is 0 Å². The standard InChI is InChI=1S/C12H19NS/c13-12(11-5-6-11)4-2-1-3-10-7-8-14-9-10/h7-9,11-12H,1-6,13H2. The fraction of sp³-hybridized carbons (Fsp3) is 0.667. The molecule has 1 aliphatic carbocycles. The summed E-state index contributed by atoms with van der Waals surface area (Å²) in [5, 5.41) is 4.41. The van der Waals surface area contributed by atoms with Crippen molar-refractivity contribution < 1.29 is 0 Å². The minimum atomic E-state index is 0.498. The highest BCUT2D eigenvalue weighted by Gasteiger charge is 2.27. The van der Waals surface area contributed by atoms with E-state index < -0.39 is 0 Å². The maximum Gasteiger partial charge on any atom is 0.00671 e. The van der Waals surface area contributed by atoms with Crippen molar-refractivity contribution in [3.8, 4) is 0 Å². The third kappa shape index (κ3) is 3.10. The molecule has 1 saturated carbocycles. The number of thiophene rings is 1. The molecule has 0 bridgehead atoms. The zero-order chi connectivity index (χ0) is 9.80. The van der Waals surface area contributed by atoms with Crippen LogP contribution in [0.3, 0.4) is 0 Å². The molecular weight excluding hydrogens is 190 g/mol.